The number of hydrogen-bond donors (Lipinski definition) is 3. The number of methoxy groups -OCH3 is 1. The molecule has 12 heteroatoms. The van der Waals surface area contributed by atoms with E-state index in [2.05, 4.69) is 16.0 Å². The second kappa shape index (κ2) is 18.2. The summed E-state index contributed by atoms with van der Waals surface area (Å²) in [6, 6.07) is 28.6. The Morgan fingerprint density at radius 1 is 0.852 bits per heavy atom. The minimum absolute atomic E-state index is 0.0605. The molecule has 1 aliphatic carbocycles. The number of fused-ring (bicyclic) bond motifs is 1. The van der Waals surface area contributed by atoms with E-state index < -0.39 is 28.9 Å². The predicted octanol–water partition coefficient (Wildman–Crippen LogP) is 9.87. The second-order valence-electron chi connectivity index (χ2n) is 12.5. The van der Waals surface area contributed by atoms with Gasteiger partial charge in [-0.15, -0.1) is 23.1 Å². The molecule has 0 radical (unpaired) electrons. The molecule has 0 bridgehead atoms. The lowest BCUT2D eigenvalue weighted by Crippen LogP contribution is -2.30. The van der Waals surface area contributed by atoms with Gasteiger partial charge in [-0.1, -0.05) is 85.1 Å². The highest BCUT2D eigenvalue weighted by molar-refractivity contribution is 8.00. The summed E-state index contributed by atoms with van der Waals surface area (Å²) in [7, 11) is 1.35. The van der Waals surface area contributed by atoms with E-state index in [1.807, 2.05) is 36.4 Å². The van der Waals surface area contributed by atoms with Gasteiger partial charge in [-0.2, -0.15) is 0 Å². The smallest absolute Gasteiger partial charge is 0.341 e. The molecule has 0 spiro atoms. The number of thiophene rings is 1. The zero-order valence-electron chi connectivity index (χ0n) is 29.3. The Balaban J connectivity index is 1.27. The van der Waals surface area contributed by atoms with E-state index in [-0.39, 0.29) is 22.2 Å². The molecule has 54 heavy (non-hydrogen) atoms. The fourth-order valence-corrected chi connectivity index (χ4v) is 8.70. The Kier molecular flexibility index (Phi) is 13.0. The minimum atomic E-state index is -0.740. The summed E-state index contributed by atoms with van der Waals surface area (Å²) in [5.74, 6) is -2.75. The number of carbonyl (C=O) groups is 4. The first kappa shape index (κ1) is 38.5. The first-order valence-electron chi connectivity index (χ1n) is 17.4. The molecule has 6 rings (SSSR count). The lowest BCUT2D eigenvalue weighted by atomic mass is 9.96. The molecule has 0 saturated heterocycles. The third kappa shape index (κ3) is 9.46. The van der Waals surface area contributed by atoms with Crippen LogP contribution in [0.15, 0.2) is 114 Å². The number of carbonyl (C=O) groups excluding carboxylic acids is 4. The maximum Gasteiger partial charge on any atom is 0.341 e. The number of hydrogen-bond acceptors (Lipinski definition) is 7. The molecule has 1 aliphatic rings. The highest BCUT2D eigenvalue weighted by Gasteiger charge is 2.29. The van der Waals surface area contributed by atoms with Crippen molar-refractivity contribution in [1.82, 2.24) is 5.32 Å². The predicted molar refractivity (Wildman–Crippen MR) is 214 cm³/mol. The van der Waals surface area contributed by atoms with E-state index in [0.717, 1.165) is 54.5 Å². The number of halogens is 2. The summed E-state index contributed by atoms with van der Waals surface area (Å²) in [6.45, 7) is 0. The lowest BCUT2D eigenvalue weighted by Gasteiger charge is -2.18. The van der Waals surface area contributed by atoms with Crippen molar-refractivity contribution in [3.05, 3.63) is 152 Å². The Morgan fingerprint density at radius 3 is 2.28 bits per heavy atom. The molecule has 3 amide bonds. The fraction of sp³-hybridized carbons (Fsp3) is 0.190. The number of ether oxygens (including phenoxy) is 1. The molecule has 1 unspecified atom stereocenters. The molecule has 276 valence electrons. The van der Waals surface area contributed by atoms with Crippen molar-refractivity contribution in [2.75, 3.05) is 17.7 Å². The topological polar surface area (TPSA) is 114 Å². The number of benzene rings is 4. The lowest BCUT2D eigenvalue weighted by molar-refractivity contribution is -0.116. The van der Waals surface area contributed by atoms with Crippen molar-refractivity contribution in [2.24, 2.45) is 0 Å². The summed E-state index contributed by atoms with van der Waals surface area (Å²) >= 11 is 8.98. The molecule has 0 saturated carbocycles. The van der Waals surface area contributed by atoms with Crippen LogP contribution in [-0.4, -0.2) is 30.8 Å². The molecule has 5 aromatic rings. The number of thioether (sulfide) groups is 1. The summed E-state index contributed by atoms with van der Waals surface area (Å²) in [4.78, 5) is 55.9. The largest absolute Gasteiger partial charge is 0.465 e. The van der Waals surface area contributed by atoms with Crippen LogP contribution in [0.2, 0.25) is 5.02 Å². The highest BCUT2D eigenvalue weighted by Crippen LogP contribution is 2.41. The number of amides is 3. The van der Waals surface area contributed by atoms with Crippen molar-refractivity contribution in [2.45, 2.75) is 48.7 Å². The van der Waals surface area contributed by atoms with E-state index in [4.69, 9.17) is 16.3 Å². The minimum Gasteiger partial charge on any atom is -0.465 e. The van der Waals surface area contributed by atoms with Gasteiger partial charge >= 0.3 is 5.97 Å². The van der Waals surface area contributed by atoms with Crippen LogP contribution in [0.3, 0.4) is 0 Å². The van der Waals surface area contributed by atoms with Gasteiger partial charge in [-0.25, -0.2) is 9.18 Å². The van der Waals surface area contributed by atoms with Crippen LogP contribution < -0.4 is 16.0 Å². The van der Waals surface area contributed by atoms with Crippen molar-refractivity contribution >= 4 is 75.2 Å². The molecular weight excluding hydrogens is 745 g/mol. The van der Waals surface area contributed by atoms with E-state index in [1.165, 1.54) is 54.5 Å². The molecule has 0 aliphatic heterocycles. The third-order valence-corrected chi connectivity index (χ3v) is 11.6. The fourth-order valence-electron chi connectivity index (χ4n) is 6.12. The first-order chi connectivity index (χ1) is 26.2. The van der Waals surface area contributed by atoms with Crippen LogP contribution in [0.25, 0.3) is 6.08 Å². The molecule has 4 aromatic carbocycles. The summed E-state index contributed by atoms with van der Waals surface area (Å²) in [5, 5.41) is 8.26. The quantitative estimate of drug-likeness (QED) is 0.0699. The van der Waals surface area contributed by atoms with Crippen molar-refractivity contribution in [3.8, 4) is 0 Å². The number of nitrogens with one attached hydrogen (secondary N) is 3. The van der Waals surface area contributed by atoms with Crippen molar-refractivity contribution in [3.63, 3.8) is 0 Å². The van der Waals surface area contributed by atoms with Crippen LogP contribution in [0.1, 0.15) is 73.2 Å². The molecule has 8 nitrogen and oxygen atoms in total. The summed E-state index contributed by atoms with van der Waals surface area (Å²) in [6.07, 6.45) is 6.98. The average Bonchev–Trinajstić information content (AvgIpc) is 3.50. The highest BCUT2D eigenvalue weighted by atomic mass is 35.5. The van der Waals surface area contributed by atoms with Crippen LogP contribution in [0, 0.1) is 5.82 Å². The molecular formula is C42H37ClFN3O5S2. The molecule has 1 aromatic heterocycles. The maximum atomic E-state index is 14.8. The van der Waals surface area contributed by atoms with Crippen LogP contribution in [0.4, 0.5) is 15.1 Å². The van der Waals surface area contributed by atoms with Gasteiger partial charge in [0.05, 0.1) is 17.7 Å². The third-order valence-electron chi connectivity index (χ3n) is 8.80. The number of aryl methyl sites for hydroxylation is 1. The number of esters is 1. The SMILES string of the molecule is COC(=O)c1c(NC(=O)C(Sc2cccc(NC(=O)/C(=C\c3c(F)cccc3Cl)NC(=O)c3ccccc3)c2)c2ccccc2)sc2c1CCCCCC2. The van der Waals surface area contributed by atoms with Gasteiger partial charge in [0.15, 0.2) is 0 Å². The van der Waals surface area contributed by atoms with E-state index in [9.17, 15) is 23.6 Å². The number of rotatable bonds is 11. The van der Waals surface area contributed by atoms with Crippen LogP contribution in [-0.2, 0) is 27.2 Å². The van der Waals surface area contributed by atoms with Crippen LogP contribution >= 0.6 is 34.7 Å². The average molecular weight is 782 g/mol. The van der Waals surface area contributed by atoms with E-state index in [0.29, 0.717) is 26.7 Å². The Labute approximate surface area is 326 Å². The second-order valence-corrected chi connectivity index (χ2v) is 15.2. The van der Waals surface area contributed by atoms with Gasteiger partial charge in [-0.3, -0.25) is 14.4 Å². The normalized spacial score (nSPS) is 13.4. The van der Waals surface area contributed by atoms with Crippen molar-refractivity contribution < 1.29 is 28.3 Å². The van der Waals surface area contributed by atoms with Gasteiger partial charge in [-0.05, 0) is 85.4 Å². The Bertz CT molecular complexity index is 2170. The van der Waals surface area contributed by atoms with Gasteiger partial charge in [0.25, 0.3) is 11.8 Å². The van der Waals surface area contributed by atoms with Crippen molar-refractivity contribution in [1.29, 1.82) is 0 Å². The zero-order chi connectivity index (χ0) is 38.0. The molecule has 1 atom stereocenters. The molecule has 0 fully saturated rings. The summed E-state index contributed by atoms with van der Waals surface area (Å²) in [5.41, 5.74) is 2.48. The number of anilines is 2. The van der Waals surface area contributed by atoms with E-state index in [1.54, 1.807) is 48.5 Å². The van der Waals surface area contributed by atoms with Gasteiger partial charge in [0, 0.05) is 26.6 Å². The van der Waals surface area contributed by atoms with Crippen LogP contribution in [0.5, 0.6) is 0 Å². The monoisotopic (exact) mass is 781 g/mol. The molecule has 3 N–H and O–H groups in total. The van der Waals surface area contributed by atoms with E-state index >= 15 is 0 Å². The Morgan fingerprint density at radius 2 is 1.56 bits per heavy atom. The van der Waals surface area contributed by atoms with Gasteiger partial charge in [0.2, 0.25) is 5.91 Å². The summed E-state index contributed by atoms with van der Waals surface area (Å²) < 4.78 is 20.0. The van der Waals surface area contributed by atoms with Gasteiger partial charge in [0.1, 0.15) is 21.8 Å². The maximum absolute atomic E-state index is 14.8. The molecule has 1 heterocycles. The Hall–Kier alpha value is -5.23. The van der Waals surface area contributed by atoms with Gasteiger partial charge < -0.3 is 20.7 Å². The first-order valence-corrected chi connectivity index (χ1v) is 19.5. The zero-order valence-corrected chi connectivity index (χ0v) is 31.7. The standard InChI is InChI=1S/C42H37ClFN3O5S2/c1-52-42(51)36-30-20-10-2-3-11-23-35(30)54-41(36)47-40(50)37(26-14-6-4-7-15-26)53-29-19-12-18-28(24-29)45-39(49)34(25-31-32(43)21-13-22-33(31)44)46-38(48)27-16-8-5-9-17-27/h4-9,12-19,21-22,24-25,37H,2-3,10-11,20,23H2,1H3,(H,45,49)(H,46,48)(H,47,50)/b34-25+.